The Morgan fingerprint density at radius 2 is 2.16 bits per heavy atom. The van der Waals surface area contributed by atoms with E-state index >= 15 is 0 Å². The van der Waals surface area contributed by atoms with Crippen LogP contribution in [-0.2, 0) is 9.84 Å². The molecule has 1 aliphatic heterocycles. The molecule has 1 aliphatic rings. The third-order valence-electron chi connectivity index (χ3n) is 3.83. The fraction of sp³-hybridized carbons (Fsp3) is 0.571. The second-order valence-electron chi connectivity index (χ2n) is 5.24. The van der Waals surface area contributed by atoms with E-state index in [-0.39, 0.29) is 23.3 Å². The number of likely N-dealkylation sites (N-methyl/N-ethyl adjacent to an activating group) is 1. The number of sulfone groups is 1. The smallest absolute Gasteiger partial charge is 0.150 e. The van der Waals surface area contributed by atoms with Crippen molar-refractivity contribution in [3.05, 3.63) is 29.8 Å². The molecule has 19 heavy (non-hydrogen) atoms. The van der Waals surface area contributed by atoms with Gasteiger partial charge < -0.3 is 10.4 Å². The number of phenolic OH excluding ortho intramolecular Hbond substituents is 1. The molecule has 0 bridgehead atoms. The van der Waals surface area contributed by atoms with E-state index in [1.165, 1.54) is 0 Å². The maximum atomic E-state index is 11.8. The van der Waals surface area contributed by atoms with Crippen LogP contribution in [0.15, 0.2) is 24.3 Å². The van der Waals surface area contributed by atoms with E-state index in [2.05, 4.69) is 5.32 Å². The van der Waals surface area contributed by atoms with Crippen molar-refractivity contribution < 1.29 is 13.5 Å². The molecule has 0 radical (unpaired) electrons. The first-order valence-electron chi connectivity index (χ1n) is 6.66. The summed E-state index contributed by atoms with van der Waals surface area (Å²) in [6.45, 7) is 0.678. The fourth-order valence-corrected chi connectivity index (χ4v) is 4.75. The van der Waals surface area contributed by atoms with Crippen LogP contribution in [0.3, 0.4) is 0 Å². The molecule has 1 saturated heterocycles. The predicted octanol–water partition coefficient (Wildman–Crippen LogP) is 1.52. The number of phenols is 1. The van der Waals surface area contributed by atoms with Crippen LogP contribution in [0, 0.1) is 5.92 Å². The van der Waals surface area contributed by atoms with Gasteiger partial charge in [0.05, 0.1) is 11.5 Å². The van der Waals surface area contributed by atoms with Gasteiger partial charge in [0, 0.05) is 12.5 Å². The highest BCUT2D eigenvalue weighted by molar-refractivity contribution is 7.91. The van der Waals surface area contributed by atoms with Gasteiger partial charge in [-0.25, -0.2) is 8.42 Å². The molecule has 0 spiro atoms. The monoisotopic (exact) mass is 283 g/mol. The Morgan fingerprint density at radius 1 is 1.42 bits per heavy atom. The standard InChI is InChI=1S/C14H21NO3S/c1-15-9-13(12-6-2-3-7-14(12)16)11-5-4-8-19(17,18)10-11/h2-3,6-7,11,13,15-16H,4-5,8-10H2,1H3. The average molecular weight is 283 g/mol. The maximum absolute atomic E-state index is 11.8. The zero-order valence-electron chi connectivity index (χ0n) is 11.2. The lowest BCUT2D eigenvalue weighted by molar-refractivity contribution is 0.382. The van der Waals surface area contributed by atoms with E-state index < -0.39 is 9.84 Å². The highest BCUT2D eigenvalue weighted by Gasteiger charge is 2.32. The van der Waals surface area contributed by atoms with E-state index in [9.17, 15) is 13.5 Å². The van der Waals surface area contributed by atoms with Gasteiger partial charge in [-0.3, -0.25) is 0 Å². The van der Waals surface area contributed by atoms with Crippen molar-refractivity contribution in [1.29, 1.82) is 0 Å². The van der Waals surface area contributed by atoms with Gasteiger partial charge in [-0.1, -0.05) is 18.2 Å². The lowest BCUT2D eigenvalue weighted by Crippen LogP contribution is -2.33. The van der Waals surface area contributed by atoms with Crippen LogP contribution in [0.2, 0.25) is 0 Å². The van der Waals surface area contributed by atoms with Crippen LogP contribution in [0.5, 0.6) is 5.75 Å². The van der Waals surface area contributed by atoms with Crippen LogP contribution < -0.4 is 5.32 Å². The average Bonchev–Trinajstić information content (AvgIpc) is 2.36. The largest absolute Gasteiger partial charge is 0.508 e. The molecule has 1 aromatic rings. The van der Waals surface area contributed by atoms with Crippen molar-refractivity contribution in [1.82, 2.24) is 5.32 Å². The first kappa shape index (κ1) is 14.3. The Balaban J connectivity index is 2.28. The molecular formula is C14H21NO3S. The highest BCUT2D eigenvalue weighted by Crippen LogP contribution is 2.36. The molecule has 2 rings (SSSR count). The van der Waals surface area contributed by atoms with Crippen molar-refractivity contribution in [3.8, 4) is 5.75 Å². The molecule has 2 atom stereocenters. The summed E-state index contributed by atoms with van der Waals surface area (Å²) in [7, 11) is -1.07. The van der Waals surface area contributed by atoms with E-state index in [1.807, 2.05) is 19.2 Å². The number of hydrogen-bond donors (Lipinski definition) is 2. The Kier molecular flexibility index (Phi) is 4.47. The van der Waals surface area contributed by atoms with Crippen LogP contribution in [-0.4, -0.2) is 38.6 Å². The minimum atomic E-state index is -2.93. The molecule has 0 aliphatic carbocycles. The molecule has 0 saturated carbocycles. The minimum absolute atomic E-state index is 0.0428. The van der Waals surface area contributed by atoms with Gasteiger partial charge in [-0.2, -0.15) is 0 Å². The van der Waals surface area contributed by atoms with Gasteiger partial charge in [0.1, 0.15) is 5.75 Å². The Bertz CT molecular complexity index is 527. The zero-order valence-corrected chi connectivity index (χ0v) is 12.0. The molecule has 1 heterocycles. The third kappa shape index (κ3) is 3.48. The number of benzene rings is 1. The van der Waals surface area contributed by atoms with Crippen LogP contribution in [0.4, 0.5) is 0 Å². The lowest BCUT2D eigenvalue weighted by Gasteiger charge is -2.30. The molecule has 4 nitrogen and oxygen atoms in total. The van der Waals surface area contributed by atoms with Gasteiger partial charge in [-0.15, -0.1) is 0 Å². The van der Waals surface area contributed by atoms with E-state index in [0.717, 1.165) is 18.4 Å². The molecule has 2 N–H and O–H groups in total. The Hall–Kier alpha value is -1.07. The SMILES string of the molecule is CNCC(c1ccccc1O)C1CCCS(=O)(=O)C1. The summed E-state index contributed by atoms with van der Waals surface area (Å²) in [6.07, 6.45) is 1.63. The molecule has 1 fully saturated rings. The summed E-state index contributed by atoms with van der Waals surface area (Å²) < 4.78 is 23.6. The molecule has 5 heteroatoms. The van der Waals surface area contributed by atoms with E-state index in [4.69, 9.17) is 0 Å². The van der Waals surface area contributed by atoms with Crippen molar-refractivity contribution in [2.45, 2.75) is 18.8 Å². The summed E-state index contributed by atoms with van der Waals surface area (Å²) in [5.74, 6) is 0.913. The summed E-state index contributed by atoms with van der Waals surface area (Å²) in [6, 6.07) is 7.22. The van der Waals surface area contributed by atoms with Crippen molar-refractivity contribution in [2.24, 2.45) is 5.92 Å². The molecule has 106 valence electrons. The number of rotatable bonds is 4. The molecule has 0 amide bonds. The fourth-order valence-electron chi connectivity index (χ4n) is 2.93. The molecule has 1 aromatic carbocycles. The molecule has 2 unspecified atom stereocenters. The maximum Gasteiger partial charge on any atom is 0.150 e. The predicted molar refractivity (Wildman–Crippen MR) is 76.2 cm³/mol. The van der Waals surface area contributed by atoms with Gasteiger partial charge in [0.2, 0.25) is 0 Å². The van der Waals surface area contributed by atoms with Crippen LogP contribution >= 0.6 is 0 Å². The molecular weight excluding hydrogens is 262 g/mol. The molecule has 0 aromatic heterocycles. The number of hydrogen-bond acceptors (Lipinski definition) is 4. The number of aromatic hydroxyl groups is 1. The van der Waals surface area contributed by atoms with E-state index in [0.29, 0.717) is 12.3 Å². The highest BCUT2D eigenvalue weighted by atomic mass is 32.2. The lowest BCUT2D eigenvalue weighted by atomic mass is 9.83. The van der Waals surface area contributed by atoms with Gasteiger partial charge >= 0.3 is 0 Å². The normalized spacial score (nSPS) is 23.9. The van der Waals surface area contributed by atoms with E-state index in [1.54, 1.807) is 12.1 Å². The first-order valence-corrected chi connectivity index (χ1v) is 8.48. The summed E-state index contributed by atoms with van der Waals surface area (Å²) in [5.41, 5.74) is 0.846. The summed E-state index contributed by atoms with van der Waals surface area (Å²) in [5, 5.41) is 13.1. The van der Waals surface area contributed by atoms with Gasteiger partial charge in [-0.05, 0) is 37.4 Å². The third-order valence-corrected chi connectivity index (χ3v) is 5.67. The van der Waals surface area contributed by atoms with Crippen LogP contribution in [0.1, 0.15) is 24.3 Å². The second-order valence-corrected chi connectivity index (χ2v) is 7.47. The summed E-state index contributed by atoms with van der Waals surface area (Å²) in [4.78, 5) is 0. The quantitative estimate of drug-likeness (QED) is 0.879. The summed E-state index contributed by atoms with van der Waals surface area (Å²) >= 11 is 0. The second kappa shape index (κ2) is 5.92. The number of nitrogens with one attached hydrogen (secondary N) is 1. The van der Waals surface area contributed by atoms with Gasteiger partial charge in [0.15, 0.2) is 9.84 Å². The first-order chi connectivity index (χ1) is 9.03. The van der Waals surface area contributed by atoms with Crippen LogP contribution in [0.25, 0.3) is 0 Å². The van der Waals surface area contributed by atoms with Crippen molar-refractivity contribution in [3.63, 3.8) is 0 Å². The van der Waals surface area contributed by atoms with Crippen molar-refractivity contribution in [2.75, 3.05) is 25.1 Å². The Labute approximate surface area is 114 Å². The Morgan fingerprint density at radius 3 is 2.79 bits per heavy atom. The van der Waals surface area contributed by atoms with Gasteiger partial charge in [0.25, 0.3) is 0 Å². The number of para-hydroxylation sites is 1. The zero-order chi connectivity index (χ0) is 13.9. The van der Waals surface area contributed by atoms with Crippen molar-refractivity contribution >= 4 is 9.84 Å². The minimum Gasteiger partial charge on any atom is -0.508 e. The topological polar surface area (TPSA) is 66.4 Å².